The molecular weight excluding hydrogens is 504 g/mol. The molecule has 0 radical (unpaired) electrons. The number of ether oxygens (including phenoxy) is 1. The molecule has 0 saturated heterocycles. The summed E-state index contributed by atoms with van der Waals surface area (Å²) in [7, 11) is 1.31. The van der Waals surface area contributed by atoms with Crippen LogP contribution in [0.3, 0.4) is 0 Å². The molecule has 0 spiro atoms. The number of rotatable bonds is 11. The minimum atomic E-state index is -0.777. The van der Waals surface area contributed by atoms with Gasteiger partial charge in [-0.3, -0.25) is 4.79 Å². The predicted molar refractivity (Wildman–Crippen MR) is 146 cm³/mol. The molecule has 1 amide bonds. The molecule has 0 fully saturated rings. The summed E-state index contributed by atoms with van der Waals surface area (Å²) in [6, 6.07) is 19.3. The third-order valence-electron chi connectivity index (χ3n) is 6.38. The lowest BCUT2D eigenvalue weighted by atomic mass is 10.1. The van der Waals surface area contributed by atoms with E-state index in [-0.39, 0.29) is 18.2 Å². The van der Waals surface area contributed by atoms with E-state index in [1.165, 1.54) is 7.11 Å². The summed E-state index contributed by atoms with van der Waals surface area (Å²) in [4.78, 5) is 30.3. The maximum absolute atomic E-state index is 13.5. The number of aryl methyl sites for hydroxylation is 1. The highest BCUT2D eigenvalue weighted by Gasteiger charge is 2.26. The molecule has 0 aliphatic carbocycles. The van der Waals surface area contributed by atoms with Crippen molar-refractivity contribution in [2.24, 2.45) is 0 Å². The Morgan fingerprint density at radius 3 is 2.47 bits per heavy atom. The van der Waals surface area contributed by atoms with Crippen molar-refractivity contribution in [3.63, 3.8) is 0 Å². The smallest absolute Gasteiger partial charge is 0.354 e. The zero-order valence-corrected chi connectivity index (χ0v) is 22.2. The summed E-state index contributed by atoms with van der Waals surface area (Å²) >= 11 is 6.27. The molecule has 198 valence electrons. The number of aliphatic hydroxyl groups is 1. The Kier molecular flexibility index (Phi) is 8.99. The number of anilines is 1. The van der Waals surface area contributed by atoms with Crippen LogP contribution in [-0.4, -0.2) is 38.2 Å². The van der Waals surface area contributed by atoms with Crippen molar-refractivity contribution < 1.29 is 19.4 Å². The molecule has 2 N–H and O–H groups in total. The number of nitrogens with one attached hydrogen (secondary N) is 1. The first-order chi connectivity index (χ1) is 18.5. The molecule has 4 aromatic rings. The van der Waals surface area contributed by atoms with E-state index in [1.54, 1.807) is 22.9 Å². The van der Waals surface area contributed by atoms with Gasteiger partial charge in [0, 0.05) is 24.8 Å². The molecule has 8 nitrogen and oxygen atoms in total. The number of carbonyl (C=O) groups is 2. The molecule has 0 bridgehead atoms. The van der Waals surface area contributed by atoms with E-state index < -0.39 is 12.0 Å². The van der Waals surface area contributed by atoms with Gasteiger partial charge in [-0.1, -0.05) is 67.4 Å². The maximum atomic E-state index is 13.5. The van der Waals surface area contributed by atoms with Crippen LogP contribution in [0.5, 0.6) is 0 Å². The number of methoxy groups -OCH3 is 1. The zero-order chi connectivity index (χ0) is 27.1. The Hall–Kier alpha value is -3.88. The standard InChI is InChI=1S/C29H31ClN4O4/c1-3-4-12-25-32-27(30)24(19-35)34(25)18-20-13-15-22(16-14-20)31-28(36)26(21-9-6-5-7-10-21)33-17-8-11-23(33)29(37)38-2/h5-11,13-17,26,35H,3-4,12,18-19H2,1-2H3,(H,31,36)/t26-/m0/s1. The van der Waals surface area contributed by atoms with Crippen LogP contribution in [0, 0.1) is 0 Å². The molecule has 38 heavy (non-hydrogen) atoms. The molecule has 0 unspecified atom stereocenters. The molecule has 4 rings (SSSR count). The van der Waals surface area contributed by atoms with Crippen molar-refractivity contribution in [3.05, 3.63) is 106 Å². The fourth-order valence-corrected chi connectivity index (χ4v) is 4.68. The van der Waals surface area contributed by atoms with Crippen molar-refractivity contribution in [2.45, 2.75) is 45.4 Å². The van der Waals surface area contributed by atoms with Crippen molar-refractivity contribution in [2.75, 3.05) is 12.4 Å². The molecule has 1 atom stereocenters. The number of unbranched alkanes of at least 4 members (excludes halogenated alkanes) is 1. The molecule has 0 aliphatic rings. The average Bonchev–Trinajstić information content (AvgIpc) is 3.52. The number of halogens is 1. The Morgan fingerprint density at radius 1 is 1.08 bits per heavy atom. The number of amides is 1. The van der Waals surface area contributed by atoms with Crippen LogP contribution < -0.4 is 5.32 Å². The SMILES string of the molecule is CCCCc1nc(Cl)c(CO)n1Cc1ccc(NC(=O)[C@H](c2ccccc2)n2cccc2C(=O)OC)cc1. The molecule has 0 saturated carbocycles. The monoisotopic (exact) mass is 534 g/mol. The van der Waals surface area contributed by atoms with E-state index in [0.717, 1.165) is 36.2 Å². The Morgan fingerprint density at radius 2 is 1.82 bits per heavy atom. The van der Waals surface area contributed by atoms with E-state index in [0.29, 0.717) is 23.1 Å². The molecule has 9 heteroatoms. The first kappa shape index (κ1) is 27.2. The van der Waals surface area contributed by atoms with Crippen molar-refractivity contribution >= 4 is 29.2 Å². The van der Waals surface area contributed by atoms with Gasteiger partial charge in [0.1, 0.15) is 17.6 Å². The summed E-state index contributed by atoms with van der Waals surface area (Å²) < 4.78 is 8.48. The van der Waals surface area contributed by atoms with Crippen LogP contribution >= 0.6 is 11.6 Å². The van der Waals surface area contributed by atoms with Gasteiger partial charge in [0.15, 0.2) is 5.15 Å². The van der Waals surface area contributed by atoms with Gasteiger partial charge in [-0.25, -0.2) is 9.78 Å². The highest BCUT2D eigenvalue weighted by atomic mass is 35.5. The minimum Gasteiger partial charge on any atom is -0.464 e. The summed E-state index contributed by atoms with van der Waals surface area (Å²) in [6.07, 6.45) is 4.47. The van der Waals surface area contributed by atoms with E-state index in [2.05, 4.69) is 17.2 Å². The third kappa shape index (κ3) is 5.98. The first-order valence-electron chi connectivity index (χ1n) is 12.5. The highest BCUT2D eigenvalue weighted by Crippen LogP contribution is 2.25. The molecule has 2 heterocycles. The van der Waals surface area contributed by atoms with Crippen LogP contribution in [0.25, 0.3) is 0 Å². The first-order valence-corrected chi connectivity index (χ1v) is 12.9. The lowest BCUT2D eigenvalue weighted by Gasteiger charge is -2.21. The van der Waals surface area contributed by atoms with Crippen LogP contribution in [0.2, 0.25) is 5.15 Å². The Bertz CT molecular complexity index is 1380. The number of esters is 1. The number of aromatic nitrogens is 3. The van der Waals surface area contributed by atoms with Gasteiger partial charge in [-0.05, 0) is 41.8 Å². The van der Waals surface area contributed by atoms with E-state index in [1.807, 2.05) is 59.2 Å². The summed E-state index contributed by atoms with van der Waals surface area (Å²) in [5.74, 6) is 0.0291. The second-order valence-electron chi connectivity index (χ2n) is 8.91. The van der Waals surface area contributed by atoms with E-state index in [9.17, 15) is 14.7 Å². The number of aliphatic hydroxyl groups excluding tert-OH is 1. The topological polar surface area (TPSA) is 98.4 Å². The van der Waals surface area contributed by atoms with Gasteiger partial charge in [-0.2, -0.15) is 0 Å². The summed E-state index contributed by atoms with van der Waals surface area (Å²) in [6.45, 7) is 2.42. The maximum Gasteiger partial charge on any atom is 0.354 e. The number of carbonyl (C=O) groups excluding carboxylic acids is 2. The molecule has 2 aromatic carbocycles. The second kappa shape index (κ2) is 12.6. The second-order valence-corrected chi connectivity index (χ2v) is 9.26. The lowest BCUT2D eigenvalue weighted by molar-refractivity contribution is -0.118. The number of hydrogen-bond acceptors (Lipinski definition) is 5. The summed E-state index contributed by atoms with van der Waals surface area (Å²) in [5.41, 5.74) is 3.20. The molecule has 2 aromatic heterocycles. The van der Waals surface area contributed by atoms with Crippen molar-refractivity contribution in [3.8, 4) is 0 Å². The number of benzene rings is 2. The van der Waals surface area contributed by atoms with E-state index in [4.69, 9.17) is 16.3 Å². The molecular formula is C29H31ClN4O4. The van der Waals surface area contributed by atoms with E-state index >= 15 is 0 Å². The van der Waals surface area contributed by atoms with Crippen LogP contribution in [-0.2, 0) is 29.1 Å². The number of nitrogens with zero attached hydrogens (tertiary/aromatic N) is 3. The Balaban J connectivity index is 1.56. The zero-order valence-electron chi connectivity index (χ0n) is 21.4. The van der Waals surface area contributed by atoms with Crippen LogP contribution in [0.1, 0.15) is 58.9 Å². The Labute approximate surface area is 226 Å². The van der Waals surface area contributed by atoms with Gasteiger partial charge in [0.05, 0.1) is 19.4 Å². The summed E-state index contributed by atoms with van der Waals surface area (Å²) in [5, 5.41) is 13.1. The highest BCUT2D eigenvalue weighted by molar-refractivity contribution is 6.30. The van der Waals surface area contributed by atoms with Gasteiger partial charge >= 0.3 is 5.97 Å². The third-order valence-corrected chi connectivity index (χ3v) is 6.69. The fraction of sp³-hybridized carbons (Fsp3) is 0.276. The van der Waals surface area contributed by atoms with Crippen molar-refractivity contribution in [1.29, 1.82) is 0 Å². The van der Waals surface area contributed by atoms with Gasteiger partial charge in [-0.15, -0.1) is 0 Å². The predicted octanol–water partition coefficient (Wildman–Crippen LogP) is 5.24. The number of imidazole rings is 1. The van der Waals surface area contributed by atoms with Gasteiger partial charge in [0.25, 0.3) is 5.91 Å². The lowest BCUT2D eigenvalue weighted by Crippen LogP contribution is -2.29. The van der Waals surface area contributed by atoms with Crippen molar-refractivity contribution in [1.82, 2.24) is 14.1 Å². The van der Waals surface area contributed by atoms with Crippen LogP contribution in [0.15, 0.2) is 72.9 Å². The largest absolute Gasteiger partial charge is 0.464 e. The number of hydrogen-bond donors (Lipinski definition) is 2. The molecule has 0 aliphatic heterocycles. The fourth-order valence-electron chi connectivity index (χ4n) is 4.43. The van der Waals surface area contributed by atoms with Gasteiger partial charge < -0.3 is 24.3 Å². The quantitative estimate of drug-likeness (QED) is 0.257. The van der Waals surface area contributed by atoms with Crippen LogP contribution in [0.4, 0.5) is 5.69 Å². The van der Waals surface area contributed by atoms with Gasteiger partial charge in [0.2, 0.25) is 0 Å². The normalized spacial score (nSPS) is 11.8. The average molecular weight is 535 g/mol. The minimum absolute atomic E-state index is 0.195.